The molecule has 1 N–H and O–H groups in total. The molecule has 0 saturated carbocycles. The zero-order valence-electron chi connectivity index (χ0n) is 12.2. The maximum atomic E-state index is 4.31. The summed E-state index contributed by atoms with van der Waals surface area (Å²) in [6, 6.07) is 8.63. The molecule has 100 valence electrons. The van der Waals surface area contributed by atoms with Gasteiger partial charge in [0.05, 0.1) is 0 Å². The van der Waals surface area contributed by atoms with E-state index in [1.165, 1.54) is 11.1 Å². The first-order chi connectivity index (χ1) is 8.52. The SMILES string of the molecule is CN=C(NCC(C)C)N(C)Cc1ccc(C)cc1. The summed E-state index contributed by atoms with van der Waals surface area (Å²) in [5.41, 5.74) is 2.60. The van der Waals surface area contributed by atoms with Crippen LogP contribution in [0, 0.1) is 12.8 Å². The molecule has 1 aromatic rings. The molecule has 1 rings (SSSR count). The molecule has 0 bridgehead atoms. The third-order valence-electron chi connectivity index (χ3n) is 2.78. The molecule has 0 saturated heterocycles. The molecule has 0 atom stereocenters. The lowest BCUT2D eigenvalue weighted by atomic mass is 10.1. The summed E-state index contributed by atoms with van der Waals surface area (Å²) in [6.07, 6.45) is 0. The summed E-state index contributed by atoms with van der Waals surface area (Å²) in [6.45, 7) is 8.32. The summed E-state index contributed by atoms with van der Waals surface area (Å²) in [5.74, 6) is 1.57. The molecule has 0 radical (unpaired) electrons. The number of hydrogen-bond acceptors (Lipinski definition) is 1. The molecule has 0 aliphatic rings. The second kappa shape index (κ2) is 7.04. The van der Waals surface area contributed by atoms with E-state index in [4.69, 9.17) is 0 Å². The molecule has 0 amide bonds. The third-order valence-corrected chi connectivity index (χ3v) is 2.78. The average Bonchev–Trinajstić information content (AvgIpc) is 2.32. The number of hydrogen-bond donors (Lipinski definition) is 1. The zero-order chi connectivity index (χ0) is 13.5. The standard InChI is InChI=1S/C15H25N3/c1-12(2)10-17-15(16-4)18(5)11-14-8-6-13(3)7-9-14/h6-9,12H,10-11H2,1-5H3,(H,16,17). The first-order valence-corrected chi connectivity index (χ1v) is 6.50. The summed E-state index contributed by atoms with van der Waals surface area (Å²) in [7, 11) is 3.89. The van der Waals surface area contributed by atoms with Crippen LogP contribution in [0.1, 0.15) is 25.0 Å². The average molecular weight is 247 g/mol. The number of guanidine groups is 1. The van der Waals surface area contributed by atoms with Crippen molar-refractivity contribution in [3.05, 3.63) is 35.4 Å². The smallest absolute Gasteiger partial charge is 0.193 e. The number of rotatable bonds is 4. The highest BCUT2D eigenvalue weighted by Crippen LogP contribution is 2.06. The van der Waals surface area contributed by atoms with Crippen LogP contribution in [-0.2, 0) is 6.54 Å². The van der Waals surface area contributed by atoms with E-state index >= 15 is 0 Å². The van der Waals surface area contributed by atoms with Crippen LogP contribution in [-0.4, -0.2) is 31.5 Å². The summed E-state index contributed by atoms with van der Waals surface area (Å²) in [5, 5.41) is 3.38. The predicted molar refractivity (Wildman–Crippen MR) is 78.8 cm³/mol. The lowest BCUT2D eigenvalue weighted by Gasteiger charge is -2.23. The van der Waals surface area contributed by atoms with E-state index < -0.39 is 0 Å². The number of nitrogens with zero attached hydrogens (tertiary/aromatic N) is 2. The Balaban J connectivity index is 2.57. The largest absolute Gasteiger partial charge is 0.356 e. The molecule has 0 aromatic heterocycles. The van der Waals surface area contributed by atoms with Crippen LogP contribution >= 0.6 is 0 Å². The van der Waals surface area contributed by atoms with Gasteiger partial charge < -0.3 is 10.2 Å². The monoisotopic (exact) mass is 247 g/mol. The van der Waals surface area contributed by atoms with E-state index in [2.05, 4.69) is 67.3 Å². The highest BCUT2D eigenvalue weighted by atomic mass is 15.3. The minimum atomic E-state index is 0.620. The van der Waals surface area contributed by atoms with Crippen molar-refractivity contribution in [3.63, 3.8) is 0 Å². The van der Waals surface area contributed by atoms with Crippen LogP contribution in [0.4, 0.5) is 0 Å². The van der Waals surface area contributed by atoms with Crippen molar-refractivity contribution >= 4 is 5.96 Å². The molecule has 3 nitrogen and oxygen atoms in total. The van der Waals surface area contributed by atoms with Gasteiger partial charge >= 0.3 is 0 Å². The molecule has 0 unspecified atom stereocenters. The van der Waals surface area contributed by atoms with Crippen LogP contribution in [0.3, 0.4) is 0 Å². The van der Waals surface area contributed by atoms with Gasteiger partial charge in [-0.3, -0.25) is 4.99 Å². The van der Waals surface area contributed by atoms with Gasteiger partial charge in [-0.1, -0.05) is 43.7 Å². The van der Waals surface area contributed by atoms with Crippen molar-refractivity contribution in [2.45, 2.75) is 27.3 Å². The van der Waals surface area contributed by atoms with Gasteiger partial charge in [0.1, 0.15) is 0 Å². The molecule has 0 heterocycles. The van der Waals surface area contributed by atoms with Crippen molar-refractivity contribution in [3.8, 4) is 0 Å². The number of aliphatic imine (C=N–C) groups is 1. The van der Waals surface area contributed by atoms with Crippen LogP contribution in [0.2, 0.25) is 0 Å². The van der Waals surface area contributed by atoms with E-state index in [0.29, 0.717) is 5.92 Å². The molecule has 0 aliphatic heterocycles. The Morgan fingerprint density at radius 1 is 1.28 bits per heavy atom. The van der Waals surface area contributed by atoms with Crippen molar-refractivity contribution in [1.82, 2.24) is 10.2 Å². The molecule has 0 fully saturated rings. The minimum Gasteiger partial charge on any atom is -0.356 e. The lowest BCUT2D eigenvalue weighted by molar-refractivity contribution is 0.468. The highest BCUT2D eigenvalue weighted by molar-refractivity contribution is 5.79. The lowest BCUT2D eigenvalue weighted by Crippen LogP contribution is -2.40. The fourth-order valence-corrected chi connectivity index (χ4v) is 1.72. The summed E-state index contributed by atoms with van der Waals surface area (Å²) >= 11 is 0. The van der Waals surface area contributed by atoms with Gasteiger partial charge in [0.2, 0.25) is 0 Å². The summed E-state index contributed by atoms with van der Waals surface area (Å²) < 4.78 is 0. The third kappa shape index (κ3) is 4.78. The van der Waals surface area contributed by atoms with Crippen LogP contribution in [0.25, 0.3) is 0 Å². The van der Waals surface area contributed by atoms with Gasteiger partial charge in [-0.2, -0.15) is 0 Å². The van der Waals surface area contributed by atoms with Crippen LogP contribution in [0.5, 0.6) is 0 Å². The van der Waals surface area contributed by atoms with Crippen molar-refractivity contribution in [2.75, 3.05) is 20.6 Å². The first-order valence-electron chi connectivity index (χ1n) is 6.50. The van der Waals surface area contributed by atoms with Crippen LogP contribution < -0.4 is 5.32 Å². The molecular weight excluding hydrogens is 222 g/mol. The Labute approximate surface area is 111 Å². The van der Waals surface area contributed by atoms with Gasteiger partial charge in [-0.05, 0) is 18.4 Å². The Hall–Kier alpha value is -1.51. The molecule has 0 spiro atoms. The van der Waals surface area contributed by atoms with E-state index in [9.17, 15) is 0 Å². The van der Waals surface area contributed by atoms with Gasteiger partial charge in [0.15, 0.2) is 5.96 Å². The van der Waals surface area contributed by atoms with E-state index in [1.54, 1.807) is 0 Å². The predicted octanol–water partition coefficient (Wildman–Crippen LogP) is 2.66. The fraction of sp³-hybridized carbons (Fsp3) is 0.533. The number of nitrogens with one attached hydrogen (secondary N) is 1. The van der Waals surface area contributed by atoms with E-state index in [-0.39, 0.29) is 0 Å². The summed E-state index contributed by atoms with van der Waals surface area (Å²) in [4.78, 5) is 6.45. The van der Waals surface area contributed by atoms with Crippen molar-refractivity contribution in [2.24, 2.45) is 10.9 Å². The fourth-order valence-electron chi connectivity index (χ4n) is 1.72. The van der Waals surface area contributed by atoms with Crippen molar-refractivity contribution < 1.29 is 0 Å². The quantitative estimate of drug-likeness (QED) is 0.654. The highest BCUT2D eigenvalue weighted by Gasteiger charge is 2.06. The molecular formula is C15H25N3. The molecule has 0 aliphatic carbocycles. The Bertz CT molecular complexity index is 379. The maximum absolute atomic E-state index is 4.31. The normalized spacial score (nSPS) is 11.8. The molecule has 3 heteroatoms. The zero-order valence-corrected chi connectivity index (χ0v) is 12.2. The molecule has 1 aromatic carbocycles. The minimum absolute atomic E-state index is 0.620. The van der Waals surface area contributed by atoms with Crippen molar-refractivity contribution in [1.29, 1.82) is 0 Å². The van der Waals surface area contributed by atoms with E-state index in [0.717, 1.165) is 19.0 Å². The molecule has 18 heavy (non-hydrogen) atoms. The number of aryl methyl sites for hydroxylation is 1. The Kier molecular flexibility index (Phi) is 5.69. The second-order valence-corrected chi connectivity index (χ2v) is 5.16. The maximum Gasteiger partial charge on any atom is 0.193 e. The van der Waals surface area contributed by atoms with Crippen LogP contribution in [0.15, 0.2) is 29.3 Å². The van der Waals surface area contributed by atoms with Gasteiger partial charge in [0, 0.05) is 27.2 Å². The Morgan fingerprint density at radius 2 is 1.89 bits per heavy atom. The van der Waals surface area contributed by atoms with Gasteiger partial charge in [0.25, 0.3) is 0 Å². The van der Waals surface area contributed by atoms with E-state index in [1.807, 2.05) is 7.05 Å². The Morgan fingerprint density at radius 3 is 2.39 bits per heavy atom. The van der Waals surface area contributed by atoms with Gasteiger partial charge in [-0.25, -0.2) is 0 Å². The second-order valence-electron chi connectivity index (χ2n) is 5.16. The first kappa shape index (κ1) is 14.6. The number of benzene rings is 1. The topological polar surface area (TPSA) is 27.6 Å². The van der Waals surface area contributed by atoms with Gasteiger partial charge in [-0.15, -0.1) is 0 Å².